The summed E-state index contributed by atoms with van der Waals surface area (Å²) in [5, 5.41) is 5.66. The minimum atomic E-state index is -0.523. The number of carbonyl (C=O) groups excluding carboxylic acids is 1. The van der Waals surface area contributed by atoms with Crippen LogP contribution in [0.4, 0.5) is 15.9 Å². The molecule has 2 rings (SSSR count). The van der Waals surface area contributed by atoms with Crippen LogP contribution < -0.4 is 10.6 Å². The van der Waals surface area contributed by atoms with E-state index in [1.165, 1.54) is 18.2 Å². The van der Waals surface area contributed by atoms with Crippen molar-refractivity contribution in [1.29, 1.82) is 0 Å². The molecule has 0 aliphatic rings. The van der Waals surface area contributed by atoms with Crippen LogP contribution in [-0.2, 0) is 0 Å². The van der Waals surface area contributed by atoms with E-state index in [0.717, 1.165) is 0 Å². The van der Waals surface area contributed by atoms with Gasteiger partial charge in [-0.25, -0.2) is 9.37 Å². The standard InChI is InChI=1S/C14H12BrClFN3O/c1-2-18-13-6-8(5-12(16)20-13)14(21)19-11-4-3-9(15)7-10(11)17/h3-7H,2H2,1H3,(H,18,20)(H,19,21). The van der Waals surface area contributed by atoms with Gasteiger partial charge in [0.2, 0.25) is 0 Å². The van der Waals surface area contributed by atoms with Gasteiger partial charge in [0, 0.05) is 16.6 Å². The van der Waals surface area contributed by atoms with Gasteiger partial charge in [-0.2, -0.15) is 0 Å². The summed E-state index contributed by atoms with van der Waals surface area (Å²) in [5.74, 6) is -0.490. The maximum Gasteiger partial charge on any atom is 0.255 e. The second kappa shape index (κ2) is 6.87. The Morgan fingerprint density at radius 3 is 2.81 bits per heavy atom. The molecule has 4 nitrogen and oxygen atoms in total. The molecule has 0 saturated heterocycles. The van der Waals surface area contributed by atoms with Gasteiger partial charge in [-0.15, -0.1) is 0 Å². The molecule has 2 aromatic rings. The van der Waals surface area contributed by atoms with Gasteiger partial charge >= 0.3 is 0 Å². The van der Waals surface area contributed by atoms with E-state index in [2.05, 4.69) is 31.5 Å². The summed E-state index contributed by atoms with van der Waals surface area (Å²) in [4.78, 5) is 16.2. The molecule has 1 aromatic heterocycles. The minimum Gasteiger partial charge on any atom is -0.370 e. The number of nitrogens with zero attached hydrogens (tertiary/aromatic N) is 1. The lowest BCUT2D eigenvalue weighted by molar-refractivity contribution is 0.102. The van der Waals surface area contributed by atoms with E-state index in [1.54, 1.807) is 12.1 Å². The maximum absolute atomic E-state index is 13.7. The number of carbonyl (C=O) groups is 1. The predicted molar refractivity (Wildman–Crippen MR) is 85.5 cm³/mol. The summed E-state index contributed by atoms with van der Waals surface area (Å²) in [7, 11) is 0. The van der Waals surface area contributed by atoms with Gasteiger partial charge in [0.25, 0.3) is 5.91 Å². The number of amides is 1. The topological polar surface area (TPSA) is 54.0 Å². The molecule has 110 valence electrons. The zero-order valence-corrected chi connectivity index (χ0v) is 13.4. The predicted octanol–water partition coefficient (Wildman–Crippen LogP) is 4.32. The Morgan fingerprint density at radius 2 is 2.14 bits per heavy atom. The van der Waals surface area contributed by atoms with E-state index >= 15 is 0 Å². The van der Waals surface area contributed by atoms with Crippen molar-refractivity contribution in [3.05, 3.63) is 51.3 Å². The van der Waals surface area contributed by atoms with E-state index in [4.69, 9.17) is 11.6 Å². The van der Waals surface area contributed by atoms with Crippen molar-refractivity contribution in [3.63, 3.8) is 0 Å². The third-order valence-corrected chi connectivity index (χ3v) is 3.28. The summed E-state index contributed by atoms with van der Waals surface area (Å²) in [5.41, 5.74) is 0.398. The molecule has 0 spiro atoms. The Bertz CT molecular complexity index is 681. The lowest BCUT2D eigenvalue weighted by atomic mass is 10.2. The van der Waals surface area contributed by atoms with Gasteiger partial charge in [0.05, 0.1) is 5.69 Å². The third kappa shape index (κ3) is 4.15. The fourth-order valence-corrected chi connectivity index (χ4v) is 2.23. The molecular formula is C14H12BrClFN3O. The molecule has 0 aliphatic heterocycles. The van der Waals surface area contributed by atoms with Crippen LogP contribution in [0.5, 0.6) is 0 Å². The van der Waals surface area contributed by atoms with Gasteiger partial charge in [-0.3, -0.25) is 4.79 Å². The molecule has 0 atom stereocenters. The SMILES string of the molecule is CCNc1cc(C(=O)Nc2ccc(Br)cc2F)cc(Cl)n1. The van der Waals surface area contributed by atoms with Crippen LogP contribution in [-0.4, -0.2) is 17.4 Å². The highest BCUT2D eigenvalue weighted by Gasteiger charge is 2.12. The normalized spacial score (nSPS) is 10.3. The molecule has 0 radical (unpaired) electrons. The first-order valence-corrected chi connectivity index (χ1v) is 7.34. The molecule has 0 fully saturated rings. The maximum atomic E-state index is 13.7. The number of halogens is 3. The van der Waals surface area contributed by atoms with Gasteiger partial charge in [-0.1, -0.05) is 27.5 Å². The number of hydrogen-bond acceptors (Lipinski definition) is 3. The van der Waals surface area contributed by atoms with Crippen molar-refractivity contribution in [2.24, 2.45) is 0 Å². The van der Waals surface area contributed by atoms with Crippen molar-refractivity contribution in [3.8, 4) is 0 Å². The third-order valence-electron chi connectivity index (χ3n) is 2.59. The Hall–Kier alpha value is -1.66. The molecule has 21 heavy (non-hydrogen) atoms. The quantitative estimate of drug-likeness (QED) is 0.786. The van der Waals surface area contributed by atoms with Gasteiger partial charge in [0.1, 0.15) is 16.8 Å². The van der Waals surface area contributed by atoms with Gasteiger partial charge < -0.3 is 10.6 Å². The molecular weight excluding hydrogens is 361 g/mol. The highest BCUT2D eigenvalue weighted by molar-refractivity contribution is 9.10. The lowest BCUT2D eigenvalue weighted by Crippen LogP contribution is -2.14. The van der Waals surface area contributed by atoms with Crippen molar-refractivity contribution in [2.45, 2.75) is 6.92 Å². The molecule has 0 saturated carbocycles. The van der Waals surface area contributed by atoms with Crippen LogP contribution >= 0.6 is 27.5 Å². The monoisotopic (exact) mass is 371 g/mol. The summed E-state index contributed by atoms with van der Waals surface area (Å²) in [6, 6.07) is 7.38. The van der Waals surface area contributed by atoms with Crippen molar-refractivity contribution in [1.82, 2.24) is 4.98 Å². The molecule has 0 bridgehead atoms. The first kappa shape index (κ1) is 15.7. The molecule has 1 heterocycles. The first-order valence-electron chi connectivity index (χ1n) is 6.17. The Kier molecular flexibility index (Phi) is 5.14. The smallest absolute Gasteiger partial charge is 0.255 e. The van der Waals surface area contributed by atoms with Gasteiger partial charge in [0.15, 0.2) is 0 Å². The summed E-state index contributed by atoms with van der Waals surface area (Å²) >= 11 is 9.03. The second-order valence-corrected chi connectivity index (χ2v) is 5.48. The van der Waals surface area contributed by atoms with Crippen molar-refractivity contribution < 1.29 is 9.18 Å². The number of nitrogens with one attached hydrogen (secondary N) is 2. The van der Waals surface area contributed by atoms with Gasteiger partial charge in [-0.05, 0) is 37.3 Å². The number of rotatable bonds is 4. The summed E-state index contributed by atoms with van der Waals surface area (Å²) < 4.78 is 14.3. The number of benzene rings is 1. The van der Waals surface area contributed by atoms with Crippen LogP contribution in [0.2, 0.25) is 5.15 Å². The lowest BCUT2D eigenvalue weighted by Gasteiger charge is -2.09. The van der Waals surface area contributed by atoms with E-state index in [1.807, 2.05) is 6.92 Å². The number of aromatic nitrogens is 1. The highest BCUT2D eigenvalue weighted by atomic mass is 79.9. The Labute approximate surface area is 134 Å². The first-order chi connectivity index (χ1) is 9.99. The van der Waals surface area contributed by atoms with Crippen molar-refractivity contribution >= 4 is 44.9 Å². The van der Waals surface area contributed by atoms with Crippen LogP contribution in [0.1, 0.15) is 17.3 Å². The van der Waals surface area contributed by atoms with Crippen LogP contribution in [0, 0.1) is 5.82 Å². The second-order valence-electron chi connectivity index (χ2n) is 4.17. The van der Waals surface area contributed by atoms with E-state index in [9.17, 15) is 9.18 Å². The highest BCUT2D eigenvalue weighted by Crippen LogP contribution is 2.21. The molecule has 0 aliphatic carbocycles. The average molecular weight is 373 g/mol. The number of anilines is 2. The van der Waals surface area contributed by atoms with E-state index in [-0.39, 0.29) is 10.8 Å². The van der Waals surface area contributed by atoms with Crippen LogP contribution in [0.25, 0.3) is 0 Å². The Morgan fingerprint density at radius 1 is 1.38 bits per heavy atom. The molecule has 1 amide bonds. The number of hydrogen-bond donors (Lipinski definition) is 2. The van der Waals surface area contributed by atoms with Crippen LogP contribution in [0.3, 0.4) is 0 Å². The molecule has 1 aromatic carbocycles. The van der Waals surface area contributed by atoms with E-state index < -0.39 is 11.7 Å². The summed E-state index contributed by atoms with van der Waals surface area (Å²) in [6.45, 7) is 2.55. The zero-order valence-electron chi connectivity index (χ0n) is 11.1. The molecule has 7 heteroatoms. The largest absolute Gasteiger partial charge is 0.370 e. The minimum absolute atomic E-state index is 0.0983. The fraction of sp³-hybridized carbons (Fsp3) is 0.143. The van der Waals surface area contributed by atoms with E-state index in [0.29, 0.717) is 22.4 Å². The molecule has 2 N–H and O–H groups in total. The number of pyridine rings is 1. The Balaban J connectivity index is 2.23. The van der Waals surface area contributed by atoms with Crippen LogP contribution in [0.15, 0.2) is 34.8 Å². The fourth-order valence-electron chi connectivity index (χ4n) is 1.69. The molecule has 0 unspecified atom stereocenters. The zero-order chi connectivity index (χ0) is 15.4. The average Bonchev–Trinajstić information content (AvgIpc) is 2.41. The van der Waals surface area contributed by atoms with Crippen molar-refractivity contribution in [2.75, 3.05) is 17.2 Å². The summed E-state index contributed by atoms with van der Waals surface area (Å²) in [6.07, 6.45) is 0.